The van der Waals surface area contributed by atoms with Crippen LogP contribution in [0.5, 0.6) is 0 Å². The Morgan fingerprint density at radius 2 is 1.91 bits per heavy atom. The van der Waals surface area contributed by atoms with Gasteiger partial charge in [-0.05, 0) is 37.6 Å². The molecule has 1 aromatic rings. The molecule has 0 saturated carbocycles. The lowest BCUT2D eigenvalue weighted by atomic mass is 10.1. The molecule has 3 N–H and O–H groups in total. The summed E-state index contributed by atoms with van der Waals surface area (Å²) in [7, 11) is -3.31. The lowest BCUT2D eigenvalue weighted by Gasteiger charge is -2.23. The molecule has 2 rings (SSSR count). The highest BCUT2D eigenvalue weighted by Crippen LogP contribution is 2.21. The van der Waals surface area contributed by atoms with E-state index in [0.717, 1.165) is 6.26 Å². The van der Waals surface area contributed by atoms with E-state index in [0.29, 0.717) is 25.1 Å². The van der Waals surface area contributed by atoms with Crippen molar-refractivity contribution in [2.24, 2.45) is 5.73 Å². The first-order valence-electron chi connectivity index (χ1n) is 7.38. The first-order valence-corrected chi connectivity index (χ1v) is 9.27. The number of nitrogens with one attached hydrogen (secondary N) is 1. The standard InChI is InChI=1S/C15H21N3O4S/c1-3-17-14(19)13-8-11(16)9-18(13)15(20)10-4-6-12(7-5-10)23(2,21)22/h4-7,11,13H,3,8-9,16H2,1-2H3,(H,17,19)/t11-,13-/m0/s1. The third-order valence-corrected chi connectivity index (χ3v) is 4.91. The van der Waals surface area contributed by atoms with Crippen LogP contribution >= 0.6 is 0 Å². The van der Waals surface area contributed by atoms with Gasteiger partial charge in [0.1, 0.15) is 6.04 Å². The summed E-state index contributed by atoms with van der Waals surface area (Å²) in [6, 6.07) is 4.85. The number of sulfone groups is 1. The third-order valence-electron chi connectivity index (χ3n) is 3.78. The molecule has 7 nitrogen and oxygen atoms in total. The van der Waals surface area contributed by atoms with Crippen molar-refractivity contribution in [2.75, 3.05) is 19.3 Å². The molecule has 0 radical (unpaired) electrons. The van der Waals surface area contributed by atoms with Crippen LogP contribution in [0.2, 0.25) is 0 Å². The van der Waals surface area contributed by atoms with Gasteiger partial charge < -0.3 is 16.0 Å². The molecule has 0 unspecified atom stereocenters. The summed E-state index contributed by atoms with van der Waals surface area (Å²) in [6.07, 6.45) is 1.52. The number of nitrogens with two attached hydrogens (primary N) is 1. The normalized spacial score (nSPS) is 21.3. The third kappa shape index (κ3) is 3.89. The Bertz CT molecular complexity index is 700. The van der Waals surface area contributed by atoms with Gasteiger partial charge in [0, 0.05) is 31.0 Å². The smallest absolute Gasteiger partial charge is 0.254 e. The van der Waals surface area contributed by atoms with Gasteiger partial charge in [0.25, 0.3) is 5.91 Å². The van der Waals surface area contributed by atoms with Gasteiger partial charge in [-0.15, -0.1) is 0 Å². The second kappa shape index (κ2) is 6.67. The van der Waals surface area contributed by atoms with Gasteiger partial charge in [0.05, 0.1) is 4.90 Å². The topological polar surface area (TPSA) is 110 Å². The van der Waals surface area contributed by atoms with Crippen molar-refractivity contribution >= 4 is 21.7 Å². The molecule has 0 spiro atoms. The molecule has 8 heteroatoms. The van der Waals surface area contributed by atoms with Crippen molar-refractivity contribution in [3.8, 4) is 0 Å². The number of benzene rings is 1. The number of rotatable bonds is 4. The van der Waals surface area contributed by atoms with E-state index >= 15 is 0 Å². The monoisotopic (exact) mass is 339 g/mol. The molecule has 1 aromatic carbocycles. The second-order valence-corrected chi connectivity index (χ2v) is 7.68. The molecule has 2 amide bonds. The maximum atomic E-state index is 12.6. The fraction of sp³-hybridized carbons (Fsp3) is 0.467. The van der Waals surface area contributed by atoms with Crippen molar-refractivity contribution in [1.82, 2.24) is 10.2 Å². The SMILES string of the molecule is CCNC(=O)[C@@H]1C[C@H](N)CN1C(=O)c1ccc(S(C)(=O)=O)cc1. The maximum Gasteiger partial charge on any atom is 0.254 e. The first kappa shape index (κ1) is 17.4. The zero-order valence-electron chi connectivity index (χ0n) is 13.2. The largest absolute Gasteiger partial charge is 0.355 e. The fourth-order valence-corrected chi connectivity index (χ4v) is 3.27. The number of likely N-dealkylation sites (tertiary alicyclic amines) is 1. The molecule has 1 saturated heterocycles. The summed E-state index contributed by atoms with van der Waals surface area (Å²) >= 11 is 0. The number of carbonyl (C=O) groups is 2. The minimum Gasteiger partial charge on any atom is -0.355 e. The van der Waals surface area contributed by atoms with Crippen LogP contribution in [0.15, 0.2) is 29.2 Å². The van der Waals surface area contributed by atoms with E-state index in [1.807, 2.05) is 6.92 Å². The van der Waals surface area contributed by atoms with Crippen LogP contribution < -0.4 is 11.1 Å². The van der Waals surface area contributed by atoms with E-state index in [9.17, 15) is 18.0 Å². The average Bonchev–Trinajstić information content (AvgIpc) is 2.88. The van der Waals surface area contributed by atoms with Gasteiger partial charge in [0.15, 0.2) is 9.84 Å². The van der Waals surface area contributed by atoms with Gasteiger partial charge in [-0.25, -0.2) is 8.42 Å². The fourth-order valence-electron chi connectivity index (χ4n) is 2.64. The molecule has 0 aliphatic carbocycles. The van der Waals surface area contributed by atoms with Crippen LogP contribution in [0.25, 0.3) is 0 Å². The lowest BCUT2D eigenvalue weighted by molar-refractivity contribution is -0.124. The second-order valence-electron chi connectivity index (χ2n) is 5.66. The van der Waals surface area contributed by atoms with Crippen LogP contribution in [0.1, 0.15) is 23.7 Å². The summed E-state index contributed by atoms with van der Waals surface area (Å²) in [5, 5.41) is 2.71. The predicted molar refractivity (Wildman–Crippen MR) is 85.7 cm³/mol. The summed E-state index contributed by atoms with van der Waals surface area (Å²) in [5.41, 5.74) is 6.23. The van der Waals surface area contributed by atoms with Gasteiger partial charge in [0.2, 0.25) is 5.91 Å². The molecule has 1 fully saturated rings. The maximum absolute atomic E-state index is 12.6. The van der Waals surface area contributed by atoms with Crippen molar-refractivity contribution in [2.45, 2.75) is 30.3 Å². The van der Waals surface area contributed by atoms with Crippen molar-refractivity contribution in [1.29, 1.82) is 0 Å². The van der Waals surface area contributed by atoms with Gasteiger partial charge in [-0.2, -0.15) is 0 Å². The van der Waals surface area contributed by atoms with Gasteiger partial charge in [-0.3, -0.25) is 9.59 Å². The summed E-state index contributed by atoms with van der Waals surface area (Å²) in [5.74, 6) is -0.546. The quantitative estimate of drug-likeness (QED) is 0.787. The number of likely N-dealkylation sites (N-methyl/N-ethyl adjacent to an activating group) is 1. The van der Waals surface area contributed by atoms with Gasteiger partial charge in [-0.1, -0.05) is 0 Å². The molecule has 23 heavy (non-hydrogen) atoms. The Hall–Kier alpha value is -1.93. The Balaban J connectivity index is 2.22. The number of carbonyl (C=O) groups excluding carboxylic acids is 2. The van der Waals surface area contributed by atoms with Crippen molar-refractivity contribution < 1.29 is 18.0 Å². The Kier molecular flexibility index (Phi) is 5.06. The zero-order chi connectivity index (χ0) is 17.2. The highest BCUT2D eigenvalue weighted by Gasteiger charge is 2.38. The molecule has 0 bridgehead atoms. The summed E-state index contributed by atoms with van der Waals surface area (Å²) in [4.78, 5) is 26.3. The van der Waals surface area contributed by atoms with E-state index in [-0.39, 0.29) is 22.8 Å². The molecule has 1 aliphatic rings. The molecule has 0 aromatic heterocycles. The molecule has 126 valence electrons. The number of hydrogen-bond donors (Lipinski definition) is 2. The predicted octanol–water partition coefficient (Wildman–Crippen LogP) is -0.232. The Labute approximate surface area is 135 Å². The summed E-state index contributed by atoms with van der Waals surface area (Å²) < 4.78 is 22.9. The Morgan fingerprint density at radius 1 is 1.30 bits per heavy atom. The minimum absolute atomic E-state index is 0.146. The average molecular weight is 339 g/mol. The number of amides is 2. The Morgan fingerprint density at radius 3 is 2.43 bits per heavy atom. The number of hydrogen-bond acceptors (Lipinski definition) is 5. The molecule has 2 atom stereocenters. The van der Waals surface area contributed by atoms with E-state index in [4.69, 9.17) is 5.73 Å². The van der Waals surface area contributed by atoms with E-state index in [2.05, 4.69) is 5.32 Å². The van der Waals surface area contributed by atoms with Crippen molar-refractivity contribution in [3.05, 3.63) is 29.8 Å². The highest BCUT2D eigenvalue weighted by molar-refractivity contribution is 7.90. The minimum atomic E-state index is -3.31. The molecular formula is C15H21N3O4S. The van der Waals surface area contributed by atoms with Crippen LogP contribution in [0, 0.1) is 0 Å². The molecular weight excluding hydrogens is 318 g/mol. The van der Waals surface area contributed by atoms with E-state index < -0.39 is 15.9 Å². The lowest BCUT2D eigenvalue weighted by Crippen LogP contribution is -2.45. The first-order chi connectivity index (χ1) is 10.7. The zero-order valence-corrected chi connectivity index (χ0v) is 14.0. The van der Waals surface area contributed by atoms with Crippen LogP contribution in [0.4, 0.5) is 0 Å². The summed E-state index contributed by atoms with van der Waals surface area (Å²) in [6.45, 7) is 2.59. The van der Waals surface area contributed by atoms with Crippen LogP contribution in [-0.2, 0) is 14.6 Å². The molecule has 1 heterocycles. The van der Waals surface area contributed by atoms with E-state index in [1.165, 1.54) is 29.2 Å². The van der Waals surface area contributed by atoms with Gasteiger partial charge >= 0.3 is 0 Å². The number of nitrogens with zero attached hydrogens (tertiary/aromatic N) is 1. The van der Waals surface area contributed by atoms with Crippen LogP contribution in [0.3, 0.4) is 0 Å². The molecule has 1 aliphatic heterocycles. The van der Waals surface area contributed by atoms with Crippen molar-refractivity contribution in [3.63, 3.8) is 0 Å². The van der Waals surface area contributed by atoms with Crippen LogP contribution in [-0.4, -0.2) is 56.6 Å². The van der Waals surface area contributed by atoms with E-state index in [1.54, 1.807) is 0 Å². The highest BCUT2D eigenvalue weighted by atomic mass is 32.2.